The Labute approximate surface area is 236 Å². The second kappa shape index (κ2) is 11.1. The Balaban J connectivity index is 1.70. The van der Waals surface area contributed by atoms with E-state index in [4.69, 9.17) is 0 Å². The van der Waals surface area contributed by atoms with Crippen molar-refractivity contribution < 1.29 is 14.4 Å². The van der Waals surface area contributed by atoms with E-state index in [9.17, 15) is 14.4 Å². The number of hydrogen-bond donors (Lipinski definition) is 0. The lowest BCUT2D eigenvalue weighted by molar-refractivity contribution is -0.166. The lowest BCUT2D eigenvalue weighted by atomic mass is 9.84. The molecule has 4 aromatic rings. The Hall–Kier alpha value is -3.81. The summed E-state index contributed by atoms with van der Waals surface area (Å²) >= 11 is 0. The first kappa shape index (κ1) is 26.8. The van der Waals surface area contributed by atoms with Crippen molar-refractivity contribution in [1.82, 2.24) is 9.80 Å². The normalized spacial score (nSPS) is 17.9. The van der Waals surface area contributed by atoms with Crippen molar-refractivity contribution in [1.29, 1.82) is 0 Å². The summed E-state index contributed by atoms with van der Waals surface area (Å²) in [4.78, 5) is 40.8. The van der Waals surface area contributed by atoms with Gasteiger partial charge in [-0.15, -0.1) is 0 Å². The molecule has 3 amide bonds. The van der Waals surface area contributed by atoms with Gasteiger partial charge >= 0.3 is 11.8 Å². The average Bonchev–Trinajstić information content (AvgIpc) is 3.00. The van der Waals surface area contributed by atoms with Crippen LogP contribution in [0, 0.1) is 0 Å². The smallest absolute Gasteiger partial charge is 0.313 e. The summed E-state index contributed by atoms with van der Waals surface area (Å²) in [7, 11) is 5.81. The minimum absolute atomic E-state index is 0.249. The maximum Gasteiger partial charge on any atom is 0.318 e. The summed E-state index contributed by atoms with van der Waals surface area (Å²) in [5, 5.41) is 0. The van der Waals surface area contributed by atoms with Crippen LogP contribution in [-0.2, 0) is 25.6 Å². The monoisotopic (exact) mass is 552 g/mol. The highest BCUT2D eigenvalue weighted by atomic mass is 33.1. The van der Waals surface area contributed by atoms with E-state index in [0.717, 1.165) is 27.2 Å². The molecule has 7 heteroatoms. The molecule has 0 spiro atoms. The Kier molecular flexibility index (Phi) is 7.64. The van der Waals surface area contributed by atoms with Crippen LogP contribution in [0.4, 0.5) is 0 Å². The first-order chi connectivity index (χ1) is 18.9. The van der Waals surface area contributed by atoms with Crippen LogP contribution in [0.15, 0.2) is 121 Å². The zero-order chi connectivity index (χ0) is 27.5. The van der Waals surface area contributed by atoms with E-state index >= 15 is 0 Å². The van der Waals surface area contributed by atoms with Gasteiger partial charge in [0.1, 0.15) is 4.75 Å². The third-order valence-electron chi connectivity index (χ3n) is 7.10. The van der Waals surface area contributed by atoms with Gasteiger partial charge in [0.25, 0.3) is 5.91 Å². The Bertz CT molecular complexity index is 1370. The van der Waals surface area contributed by atoms with Gasteiger partial charge in [0.05, 0.1) is 0 Å². The maximum absolute atomic E-state index is 14.0. The molecule has 0 aliphatic carbocycles. The van der Waals surface area contributed by atoms with Crippen LogP contribution in [-0.4, -0.2) is 46.5 Å². The van der Waals surface area contributed by atoms with Gasteiger partial charge in [-0.1, -0.05) is 143 Å². The molecule has 5 rings (SSSR count). The number of hydrogen-bond acceptors (Lipinski definition) is 5. The first-order valence-corrected chi connectivity index (χ1v) is 14.7. The van der Waals surface area contributed by atoms with Crippen LogP contribution in [0.25, 0.3) is 0 Å². The van der Waals surface area contributed by atoms with Crippen molar-refractivity contribution in [3.8, 4) is 0 Å². The molecular formula is C32H28N2O3S2. The second-order valence-electron chi connectivity index (χ2n) is 9.43. The Morgan fingerprint density at radius 1 is 0.615 bits per heavy atom. The summed E-state index contributed by atoms with van der Waals surface area (Å²) in [5.74, 6) is -1.94. The molecule has 1 unspecified atom stereocenters. The number of imide groups is 1. The molecule has 196 valence electrons. The number of rotatable bonds is 8. The molecule has 0 aromatic heterocycles. The second-order valence-corrected chi connectivity index (χ2v) is 12.0. The van der Waals surface area contributed by atoms with Crippen LogP contribution in [0.3, 0.4) is 0 Å². The van der Waals surface area contributed by atoms with E-state index in [-0.39, 0.29) is 6.42 Å². The van der Waals surface area contributed by atoms with Crippen LogP contribution in [0.5, 0.6) is 0 Å². The maximum atomic E-state index is 14.0. The van der Waals surface area contributed by atoms with Crippen molar-refractivity contribution in [2.75, 3.05) is 14.1 Å². The SMILES string of the molecule is CN1C(=O)C(=O)N(C)C(Cc2ccccc2)(SSC(c2ccccc2)(c2ccccc2)c2ccccc2)C1=O. The van der Waals surface area contributed by atoms with E-state index in [0.29, 0.717) is 0 Å². The zero-order valence-corrected chi connectivity index (χ0v) is 23.3. The number of nitrogens with zero attached hydrogens (tertiary/aromatic N) is 2. The predicted molar refractivity (Wildman–Crippen MR) is 158 cm³/mol. The Morgan fingerprint density at radius 2 is 1.03 bits per heavy atom. The van der Waals surface area contributed by atoms with Crippen molar-refractivity contribution >= 4 is 39.3 Å². The number of benzene rings is 4. The lowest BCUT2D eigenvalue weighted by Gasteiger charge is -2.46. The van der Waals surface area contributed by atoms with Gasteiger partial charge in [-0.25, -0.2) is 0 Å². The molecule has 4 aromatic carbocycles. The van der Waals surface area contributed by atoms with Crippen molar-refractivity contribution in [2.24, 2.45) is 0 Å². The summed E-state index contributed by atoms with van der Waals surface area (Å²) < 4.78 is -0.720. The van der Waals surface area contributed by atoms with Gasteiger partial charge in [-0.3, -0.25) is 19.3 Å². The Morgan fingerprint density at radius 3 is 1.46 bits per heavy atom. The molecule has 39 heavy (non-hydrogen) atoms. The molecule has 1 atom stereocenters. The molecule has 0 saturated carbocycles. The minimum Gasteiger partial charge on any atom is -0.313 e. The molecular weight excluding hydrogens is 524 g/mol. The van der Waals surface area contributed by atoms with E-state index < -0.39 is 27.3 Å². The van der Waals surface area contributed by atoms with Gasteiger partial charge in [0.2, 0.25) is 0 Å². The molecule has 0 radical (unpaired) electrons. The van der Waals surface area contributed by atoms with Gasteiger partial charge in [0.15, 0.2) is 4.87 Å². The zero-order valence-electron chi connectivity index (χ0n) is 21.7. The largest absolute Gasteiger partial charge is 0.318 e. The number of piperazine rings is 1. The highest BCUT2D eigenvalue weighted by molar-refractivity contribution is 8.77. The van der Waals surface area contributed by atoms with Crippen molar-refractivity contribution in [3.05, 3.63) is 144 Å². The number of likely N-dealkylation sites (N-methyl/N-ethyl adjacent to an activating group) is 2. The molecule has 1 saturated heterocycles. The number of carbonyl (C=O) groups excluding carboxylic acids is 3. The molecule has 0 bridgehead atoms. The van der Waals surface area contributed by atoms with E-state index in [1.54, 1.807) is 7.05 Å². The summed E-state index contributed by atoms with van der Waals surface area (Å²) in [5.41, 5.74) is 4.01. The van der Waals surface area contributed by atoms with Crippen molar-refractivity contribution in [2.45, 2.75) is 16.0 Å². The molecule has 1 aliphatic heterocycles. The van der Waals surface area contributed by atoms with Crippen LogP contribution < -0.4 is 0 Å². The van der Waals surface area contributed by atoms with Crippen LogP contribution >= 0.6 is 21.6 Å². The average molecular weight is 553 g/mol. The molecule has 5 nitrogen and oxygen atoms in total. The number of amides is 3. The van der Waals surface area contributed by atoms with E-state index in [2.05, 4.69) is 36.4 Å². The van der Waals surface area contributed by atoms with Gasteiger partial charge < -0.3 is 4.90 Å². The quantitative estimate of drug-likeness (QED) is 0.121. The van der Waals surface area contributed by atoms with Crippen LogP contribution in [0.2, 0.25) is 0 Å². The third kappa shape index (κ3) is 4.77. The highest BCUT2D eigenvalue weighted by Gasteiger charge is 2.56. The fraction of sp³-hybridized carbons (Fsp3) is 0.156. The van der Waals surface area contributed by atoms with E-state index in [1.165, 1.54) is 33.5 Å². The van der Waals surface area contributed by atoms with Gasteiger partial charge in [-0.05, 0) is 22.3 Å². The third-order valence-corrected chi connectivity index (χ3v) is 10.8. The fourth-order valence-electron chi connectivity index (χ4n) is 4.93. The van der Waals surface area contributed by atoms with Crippen molar-refractivity contribution in [3.63, 3.8) is 0 Å². The van der Waals surface area contributed by atoms with Crippen LogP contribution in [0.1, 0.15) is 22.3 Å². The molecule has 0 N–H and O–H groups in total. The fourth-order valence-corrected chi connectivity index (χ4v) is 8.90. The van der Waals surface area contributed by atoms with E-state index in [1.807, 2.05) is 84.9 Å². The minimum atomic E-state index is -1.35. The molecule has 1 fully saturated rings. The highest BCUT2D eigenvalue weighted by Crippen LogP contribution is 2.58. The standard InChI is InChI=1S/C32H28N2O3S2/c1-33-28(35)29(36)34(2)31(30(33)37,23-24-15-7-3-8-16-24)38-39-32(25-17-9-4-10-18-25,26-19-11-5-12-20-26)27-21-13-6-14-22-27/h3-22H,23H2,1-2H3. The first-order valence-electron chi connectivity index (χ1n) is 12.6. The van der Waals surface area contributed by atoms with Gasteiger partial charge in [-0.2, -0.15) is 0 Å². The summed E-state index contributed by atoms with van der Waals surface area (Å²) in [6.45, 7) is 0. The summed E-state index contributed by atoms with van der Waals surface area (Å²) in [6.07, 6.45) is 0.249. The summed E-state index contributed by atoms with van der Waals surface area (Å²) in [6, 6.07) is 40.1. The predicted octanol–water partition coefficient (Wildman–Crippen LogP) is 5.76. The topological polar surface area (TPSA) is 57.7 Å². The molecule has 1 aliphatic rings. The lowest BCUT2D eigenvalue weighted by Crippen LogP contribution is -2.67. The molecule has 1 heterocycles. The van der Waals surface area contributed by atoms with Gasteiger partial charge in [0, 0.05) is 20.5 Å². The number of carbonyl (C=O) groups is 3.